The zero-order valence-electron chi connectivity index (χ0n) is 11.3. The normalized spacial score (nSPS) is 12.2. The number of pyridine rings is 1. The van der Waals surface area contributed by atoms with Gasteiger partial charge in [0, 0.05) is 18.8 Å². The molecule has 0 aliphatic heterocycles. The summed E-state index contributed by atoms with van der Waals surface area (Å²) in [6.45, 7) is 4.39. The summed E-state index contributed by atoms with van der Waals surface area (Å²) >= 11 is 0. The molecular formula is C16H19NO2. The Morgan fingerprint density at radius 3 is 2.58 bits per heavy atom. The van der Waals surface area contributed by atoms with Gasteiger partial charge in [-0.1, -0.05) is 6.07 Å². The van der Waals surface area contributed by atoms with Crippen molar-refractivity contribution in [3.05, 3.63) is 59.4 Å². The number of nitrogens with zero attached hydrogens (tertiary/aromatic N) is 1. The molecule has 1 atom stereocenters. The quantitative estimate of drug-likeness (QED) is 0.895. The smallest absolute Gasteiger partial charge is 0.122 e. The molecule has 0 radical (unpaired) electrons. The van der Waals surface area contributed by atoms with E-state index in [-0.39, 0.29) is 0 Å². The Labute approximate surface area is 113 Å². The second-order valence-corrected chi connectivity index (χ2v) is 4.65. The van der Waals surface area contributed by atoms with Gasteiger partial charge in [0.15, 0.2) is 0 Å². The Morgan fingerprint density at radius 2 is 1.95 bits per heavy atom. The van der Waals surface area contributed by atoms with Crippen LogP contribution in [0.4, 0.5) is 0 Å². The van der Waals surface area contributed by atoms with Crippen molar-refractivity contribution < 1.29 is 9.84 Å². The number of aliphatic hydroxyl groups excluding tert-OH is 1. The van der Waals surface area contributed by atoms with E-state index in [4.69, 9.17) is 4.74 Å². The van der Waals surface area contributed by atoms with E-state index in [1.165, 1.54) is 5.56 Å². The first kappa shape index (κ1) is 13.6. The van der Waals surface area contributed by atoms with Crippen LogP contribution >= 0.6 is 0 Å². The number of benzene rings is 1. The summed E-state index contributed by atoms with van der Waals surface area (Å²) in [5.41, 5.74) is 3.18. The molecule has 1 aromatic heterocycles. The topological polar surface area (TPSA) is 42.4 Å². The van der Waals surface area contributed by atoms with Crippen molar-refractivity contribution in [3.63, 3.8) is 0 Å². The maximum Gasteiger partial charge on any atom is 0.122 e. The van der Waals surface area contributed by atoms with Crippen molar-refractivity contribution in [2.24, 2.45) is 0 Å². The molecule has 3 heteroatoms. The van der Waals surface area contributed by atoms with E-state index in [1.54, 1.807) is 19.3 Å². The summed E-state index contributed by atoms with van der Waals surface area (Å²) in [5, 5.41) is 9.52. The maximum absolute atomic E-state index is 9.52. The number of aromatic nitrogens is 1. The van der Waals surface area contributed by atoms with Crippen LogP contribution in [0.5, 0.6) is 5.75 Å². The van der Waals surface area contributed by atoms with Gasteiger partial charge in [0.2, 0.25) is 0 Å². The van der Waals surface area contributed by atoms with Crippen molar-refractivity contribution in [1.82, 2.24) is 4.98 Å². The fourth-order valence-electron chi connectivity index (χ4n) is 1.92. The summed E-state index contributed by atoms with van der Waals surface area (Å²) in [7, 11) is 0. The molecule has 0 aliphatic carbocycles. The summed E-state index contributed by atoms with van der Waals surface area (Å²) in [5.74, 6) is 0.874. The standard InChI is InChI=1S/C16H19NO2/c1-12-11-15(13(2)18)3-4-16(12)19-10-7-14-5-8-17-9-6-14/h3-6,8-9,11,13,18H,7,10H2,1-2H3/t13-/m0/s1. The van der Waals surface area contributed by atoms with E-state index in [0.717, 1.165) is 23.3 Å². The minimum Gasteiger partial charge on any atom is -0.493 e. The van der Waals surface area contributed by atoms with Crippen LogP contribution in [-0.4, -0.2) is 16.7 Å². The van der Waals surface area contributed by atoms with E-state index in [1.807, 2.05) is 37.3 Å². The summed E-state index contributed by atoms with van der Waals surface area (Å²) < 4.78 is 5.77. The minimum absolute atomic E-state index is 0.440. The molecule has 0 amide bonds. The summed E-state index contributed by atoms with van der Waals surface area (Å²) in [6, 6.07) is 9.77. The molecule has 1 aromatic carbocycles. The second-order valence-electron chi connectivity index (χ2n) is 4.65. The van der Waals surface area contributed by atoms with Crippen LogP contribution in [0.3, 0.4) is 0 Å². The Balaban J connectivity index is 1.93. The highest BCUT2D eigenvalue weighted by Crippen LogP contribution is 2.22. The van der Waals surface area contributed by atoms with Crippen LogP contribution in [0.15, 0.2) is 42.7 Å². The van der Waals surface area contributed by atoms with Crippen LogP contribution < -0.4 is 4.74 Å². The Morgan fingerprint density at radius 1 is 1.21 bits per heavy atom. The average molecular weight is 257 g/mol. The zero-order chi connectivity index (χ0) is 13.7. The lowest BCUT2D eigenvalue weighted by atomic mass is 10.1. The van der Waals surface area contributed by atoms with Gasteiger partial charge in [0.25, 0.3) is 0 Å². The van der Waals surface area contributed by atoms with Crippen LogP contribution in [0.25, 0.3) is 0 Å². The number of hydrogen-bond donors (Lipinski definition) is 1. The number of aliphatic hydroxyl groups is 1. The minimum atomic E-state index is -0.440. The predicted octanol–water partition coefficient (Wildman–Crippen LogP) is 3.06. The van der Waals surface area contributed by atoms with Crippen LogP contribution in [-0.2, 0) is 6.42 Å². The SMILES string of the molecule is Cc1cc([C@H](C)O)ccc1OCCc1ccncc1. The third-order valence-electron chi connectivity index (χ3n) is 3.08. The van der Waals surface area contributed by atoms with Crippen molar-refractivity contribution in [2.45, 2.75) is 26.4 Å². The molecule has 0 spiro atoms. The molecule has 1 N–H and O–H groups in total. The van der Waals surface area contributed by atoms with Crippen LogP contribution in [0, 0.1) is 6.92 Å². The molecule has 100 valence electrons. The number of rotatable bonds is 5. The summed E-state index contributed by atoms with van der Waals surface area (Å²) in [4.78, 5) is 3.99. The highest BCUT2D eigenvalue weighted by atomic mass is 16.5. The van der Waals surface area contributed by atoms with Gasteiger partial charge in [-0.25, -0.2) is 0 Å². The maximum atomic E-state index is 9.52. The molecule has 19 heavy (non-hydrogen) atoms. The molecule has 0 aliphatic rings. The molecule has 0 fully saturated rings. The zero-order valence-corrected chi connectivity index (χ0v) is 11.3. The summed E-state index contributed by atoms with van der Waals surface area (Å²) in [6.07, 6.45) is 4.00. The first-order valence-corrected chi connectivity index (χ1v) is 6.47. The highest BCUT2D eigenvalue weighted by Gasteiger charge is 2.05. The van der Waals surface area contributed by atoms with E-state index >= 15 is 0 Å². The number of ether oxygens (including phenoxy) is 1. The third-order valence-corrected chi connectivity index (χ3v) is 3.08. The fraction of sp³-hybridized carbons (Fsp3) is 0.312. The van der Waals surface area contributed by atoms with Gasteiger partial charge in [-0.15, -0.1) is 0 Å². The van der Waals surface area contributed by atoms with Crippen molar-refractivity contribution in [2.75, 3.05) is 6.61 Å². The molecule has 0 bridgehead atoms. The van der Waals surface area contributed by atoms with Gasteiger partial charge in [-0.05, 0) is 54.8 Å². The molecule has 3 nitrogen and oxygen atoms in total. The Hall–Kier alpha value is -1.87. The van der Waals surface area contributed by atoms with E-state index in [0.29, 0.717) is 6.61 Å². The van der Waals surface area contributed by atoms with Crippen LogP contribution in [0.1, 0.15) is 29.7 Å². The fourth-order valence-corrected chi connectivity index (χ4v) is 1.92. The second kappa shape index (κ2) is 6.34. The monoisotopic (exact) mass is 257 g/mol. The van der Waals surface area contributed by atoms with Gasteiger partial charge in [0.05, 0.1) is 12.7 Å². The lowest BCUT2D eigenvalue weighted by Gasteiger charge is -2.12. The van der Waals surface area contributed by atoms with Gasteiger partial charge >= 0.3 is 0 Å². The predicted molar refractivity (Wildman–Crippen MR) is 75.2 cm³/mol. The average Bonchev–Trinajstić information content (AvgIpc) is 2.41. The first-order chi connectivity index (χ1) is 9.16. The van der Waals surface area contributed by atoms with Gasteiger partial charge in [0.1, 0.15) is 5.75 Å². The van der Waals surface area contributed by atoms with E-state index < -0.39 is 6.10 Å². The lowest BCUT2D eigenvalue weighted by Crippen LogP contribution is -2.03. The van der Waals surface area contributed by atoms with Crippen molar-refractivity contribution in [1.29, 1.82) is 0 Å². The third kappa shape index (κ3) is 3.80. The van der Waals surface area contributed by atoms with E-state index in [9.17, 15) is 5.11 Å². The molecule has 2 aromatic rings. The van der Waals surface area contributed by atoms with Crippen LogP contribution in [0.2, 0.25) is 0 Å². The Kier molecular flexibility index (Phi) is 4.53. The molecular weight excluding hydrogens is 238 g/mol. The molecule has 0 unspecified atom stereocenters. The first-order valence-electron chi connectivity index (χ1n) is 6.47. The van der Waals surface area contributed by atoms with Crippen molar-refractivity contribution >= 4 is 0 Å². The van der Waals surface area contributed by atoms with Gasteiger partial charge in [-0.3, -0.25) is 4.98 Å². The van der Waals surface area contributed by atoms with Crippen molar-refractivity contribution in [3.8, 4) is 5.75 Å². The molecule has 0 saturated heterocycles. The molecule has 0 saturated carbocycles. The highest BCUT2D eigenvalue weighted by molar-refractivity contribution is 5.37. The molecule has 2 rings (SSSR count). The van der Waals surface area contributed by atoms with Gasteiger partial charge < -0.3 is 9.84 Å². The number of aryl methyl sites for hydroxylation is 1. The largest absolute Gasteiger partial charge is 0.493 e. The van der Waals surface area contributed by atoms with E-state index in [2.05, 4.69) is 4.98 Å². The molecule has 1 heterocycles. The Bertz CT molecular complexity index is 524. The lowest BCUT2D eigenvalue weighted by molar-refractivity contribution is 0.199. The number of hydrogen-bond acceptors (Lipinski definition) is 3. The van der Waals surface area contributed by atoms with Gasteiger partial charge in [-0.2, -0.15) is 0 Å².